The number of hydrogen-bond acceptors (Lipinski definition) is 6. The minimum absolute atomic E-state index is 0.0533. The Morgan fingerprint density at radius 2 is 1.43 bits per heavy atom. The number of amides is 3. The molecule has 3 fully saturated rings. The van der Waals surface area contributed by atoms with Crippen molar-refractivity contribution in [2.45, 2.75) is 6.42 Å². The Morgan fingerprint density at radius 3 is 2.05 bits per heavy atom. The number of hydrogen-bond donors (Lipinski definition) is 0. The number of hydrazine groups is 1. The average Bonchev–Trinajstić information content (AvgIpc) is 3.79. The second-order valence-electron chi connectivity index (χ2n) is 11.4. The van der Waals surface area contributed by atoms with Crippen LogP contribution in [0.4, 0.5) is 0 Å². The molecular weight excluding hydrogens is 627 g/mol. The van der Waals surface area contributed by atoms with Gasteiger partial charge in [0.1, 0.15) is 12.3 Å². The highest BCUT2D eigenvalue weighted by molar-refractivity contribution is 6.36. The van der Waals surface area contributed by atoms with Crippen molar-refractivity contribution in [3.05, 3.63) is 111 Å². The lowest BCUT2D eigenvalue weighted by Crippen LogP contribution is -2.52. The molecule has 44 heavy (non-hydrogen) atoms. The van der Waals surface area contributed by atoms with E-state index < -0.39 is 47.9 Å². The Hall–Kier alpha value is -3.98. The van der Waals surface area contributed by atoms with Gasteiger partial charge in [-0.3, -0.25) is 19.2 Å². The molecule has 5 aliphatic rings. The van der Waals surface area contributed by atoms with Crippen LogP contribution in [0.1, 0.15) is 37.5 Å². The van der Waals surface area contributed by atoms with Crippen LogP contribution in [-0.4, -0.2) is 46.0 Å². The Morgan fingerprint density at radius 1 is 0.795 bits per heavy atom. The minimum Gasteiger partial charge on any atom is -0.423 e. The van der Waals surface area contributed by atoms with E-state index >= 15 is 0 Å². The molecule has 6 atom stereocenters. The standard InChI is InChI=1S/C33H23Cl3N2O6/c34-17-7-10-22(26(36)13-17)33(43)44-18-8-5-16(6-9-18)27(39)15-37(30(40)21-3-1-2-4-25(21)35)38-31(41)28-19-11-12-20(24-14-23(19)24)29(28)32(38)42/h1-13,19-20,23-24,28-29H,14-15H2/t19-,20-,23-,24+,28-,29+/m0/s1. The molecule has 11 heteroatoms. The molecule has 3 aromatic rings. The quantitative estimate of drug-likeness (QED) is 0.1000. The third-order valence-electron chi connectivity index (χ3n) is 9.05. The van der Waals surface area contributed by atoms with E-state index in [2.05, 4.69) is 0 Å². The van der Waals surface area contributed by atoms with Crippen LogP contribution in [0.15, 0.2) is 78.9 Å². The third kappa shape index (κ3) is 4.72. The summed E-state index contributed by atoms with van der Waals surface area (Å²) in [6.07, 6.45) is 5.07. The molecule has 1 saturated heterocycles. The summed E-state index contributed by atoms with van der Waals surface area (Å²) in [4.78, 5) is 67.8. The fraction of sp³-hybridized carbons (Fsp3) is 0.242. The maximum Gasteiger partial charge on any atom is 0.345 e. The zero-order valence-electron chi connectivity index (χ0n) is 22.9. The summed E-state index contributed by atoms with van der Waals surface area (Å²) in [6, 6.07) is 16.3. The lowest BCUT2D eigenvalue weighted by Gasteiger charge is -2.37. The highest BCUT2D eigenvalue weighted by Gasteiger charge is 2.68. The van der Waals surface area contributed by atoms with Crippen molar-refractivity contribution >= 4 is 64.3 Å². The number of esters is 1. The molecule has 1 aliphatic heterocycles. The summed E-state index contributed by atoms with van der Waals surface area (Å²) in [5.41, 5.74) is 0.349. The maximum absolute atomic E-state index is 13.9. The Balaban J connectivity index is 1.14. The van der Waals surface area contributed by atoms with Gasteiger partial charge in [0.2, 0.25) is 0 Å². The number of nitrogens with zero attached hydrogens (tertiary/aromatic N) is 2. The second kappa shape index (κ2) is 10.9. The largest absolute Gasteiger partial charge is 0.423 e. The van der Waals surface area contributed by atoms with Gasteiger partial charge in [-0.1, -0.05) is 59.1 Å². The molecule has 0 aromatic heterocycles. The highest BCUT2D eigenvalue weighted by atomic mass is 35.5. The number of rotatable bonds is 7. The number of halogens is 3. The lowest BCUT2D eigenvalue weighted by atomic mass is 9.63. The molecule has 0 radical (unpaired) electrons. The van der Waals surface area contributed by atoms with Gasteiger partial charge < -0.3 is 4.74 Å². The minimum atomic E-state index is -0.736. The van der Waals surface area contributed by atoms with Gasteiger partial charge in [0.25, 0.3) is 17.7 Å². The number of allylic oxidation sites excluding steroid dienone is 2. The third-order valence-corrected chi connectivity index (χ3v) is 9.93. The molecule has 1 heterocycles. The van der Waals surface area contributed by atoms with E-state index in [-0.39, 0.29) is 44.3 Å². The first-order chi connectivity index (χ1) is 21.1. The highest BCUT2D eigenvalue weighted by Crippen LogP contribution is 2.65. The van der Waals surface area contributed by atoms with Crippen molar-refractivity contribution in [3.63, 3.8) is 0 Å². The van der Waals surface area contributed by atoms with Crippen molar-refractivity contribution in [3.8, 4) is 5.75 Å². The Bertz CT molecular complexity index is 1750. The SMILES string of the molecule is O=C(CN(C(=O)c1ccccc1Cl)N1C(=O)[C@@H]2[C@H]3C=C[C@@H]([C@@H]4C[C@H]34)[C@@H]2C1=O)c1ccc(OC(=O)c2ccc(Cl)cc2Cl)cc1. The van der Waals surface area contributed by atoms with E-state index in [1.807, 2.05) is 12.2 Å². The van der Waals surface area contributed by atoms with Gasteiger partial charge in [0, 0.05) is 10.6 Å². The number of Topliss-reactive ketones (excluding diaryl/α,β-unsaturated/α-hetero) is 1. The molecule has 0 spiro atoms. The number of carbonyl (C=O) groups is 5. The molecule has 0 unspecified atom stereocenters. The first kappa shape index (κ1) is 28.8. The molecular formula is C33H23Cl3N2O6. The molecule has 2 saturated carbocycles. The maximum atomic E-state index is 13.9. The van der Waals surface area contributed by atoms with Crippen LogP contribution >= 0.6 is 34.8 Å². The number of imide groups is 1. The summed E-state index contributed by atoms with van der Waals surface area (Å²) in [6.45, 7) is -0.587. The fourth-order valence-electron chi connectivity index (χ4n) is 6.94. The smallest absolute Gasteiger partial charge is 0.345 e. The molecule has 222 valence electrons. The van der Waals surface area contributed by atoms with E-state index in [1.165, 1.54) is 54.6 Å². The average molecular weight is 650 g/mol. The van der Waals surface area contributed by atoms with Gasteiger partial charge in [-0.05, 0) is 84.7 Å². The number of ketones is 1. The predicted molar refractivity (Wildman–Crippen MR) is 161 cm³/mol. The van der Waals surface area contributed by atoms with Crippen LogP contribution in [-0.2, 0) is 9.59 Å². The van der Waals surface area contributed by atoms with Gasteiger partial charge in [0.15, 0.2) is 5.78 Å². The monoisotopic (exact) mass is 648 g/mol. The number of carbonyl (C=O) groups excluding carboxylic acids is 5. The Kier molecular flexibility index (Phi) is 7.11. The summed E-state index contributed by atoms with van der Waals surface area (Å²) < 4.78 is 5.39. The van der Waals surface area contributed by atoms with Crippen LogP contribution in [0.3, 0.4) is 0 Å². The molecule has 2 bridgehead atoms. The van der Waals surface area contributed by atoms with Crippen molar-refractivity contribution < 1.29 is 28.7 Å². The molecule has 3 amide bonds. The fourth-order valence-corrected chi connectivity index (χ4v) is 7.64. The molecule has 3 aromatic carbocycles. The summed E-state index contributed by atoms with van der Waals surface area (Å²) in [5.74, 6) is -3.24. The topological polar surface area (TPSA) is 101 Å². The molecule has 8 nitrogen and oxygen atoms in total. The second-order valence-corrected chi connectivity index (χ2v) is 12.7. The Labute approximate surface area is 267 Å². The van der Waals surface area contributed by atoms with Crippen LogP contribution in [0.25, 0.3) is 0 Å². The van der Waals surface area contributed by atoms with E-state index in [0.717, 1.165) is 16.4 Å². The molecule has 4 aliphatic carbocycles. The van der Waals surface area contributed by atoms with Crippen LogP contribution in [0.2, 0.25) is 15.1 Å². The summed E-state index contributed by atoms with van der Waals surface area (Å²) in [5, 5.41) is 2.43. The zero-order valence-corrected chi connectivity index (χ0v) is 25.1. The van der Waals surface area contributed by atoms with Gasteiger partial charge >= 0.3 is 5.97 Å². The van der Waals surface area contributed by atoms with Crippen LogP contribution < -0.4 is 4.74 Å². The first-order valence-corrected chi connectivity index (χ1v) is 15.2. The molecule has 8 rings (SSSR count). The summed E-state index contributed by atoms with van der Waals surface area (Å²) in [7, 11) is 0. The van der Waals surface area contributed by atoms with Gasteiger partial charge in [-0.25, -0.2) is 9.80 Å². The van der Waals surface area contributed by atoms with E-state index in [0.29, 0.717) is 16.9 Å². The summed E-state index contributed by atoms with van der Waals surface area (Å²) >= 11 is 18.3. The van der Waals surface area contributed by atoms with Crippen LogP contribution in [0, 0.1) is 35.5 Å². The van der Waals surface area contributed by atoms with E-state index in [1.54, 1.807) is 12.1 Å². The van der Waals surface area contributed by atoms with Crippen molar-refractivity contribution in [2.75, 3.05) is 6.54 Å². The van der Waals surface area contributed by atoms with Crippen molar-refractivity contribution in [1.29, 1.82) is 0 Å². The number of ether oxygens (including phenoxy) is 1. The van der Waals surface area contributed by atoms with Crippen LogP contribution in [0.5, 0.6) is 5.75 Å². The lowest BCUT2D eigenvalue weighted by molar-refractivity contribution is -0.154. The van der Waals surface area contributed by atoms with Crippen molar-refractivity contribution in [1.82, 2.24) is 10.0 Å². The van der Waals surface area contributed by atoms with Gasteiger partial charge in [-0.2, -0.15) is 5.01 Å². The van der Waals surface area contributed by atoms with Crippen molar-refractivity contribution in [2.24, 2.45) is 35.5 Å². The van der Waals surface area contributed by atoms with E-state index in [9.17, 15) is 24.0 Å². The van der Waals surface area contributed by atoms with Gasteiger partial charge in [0.05, 0.1) is 33.0 Å². The van der Waals surface area contributed by atoms with E-state index in [4.69, 9.17) is 39.5 Å². The predicted octanol–water partition coefficient (Wildman–Crippen LogP) is 6.16. The first-order valence-electron chi connectivity index (χ1n) is 14.1. The molecule has 0 N–H and O–H groups in total. The zero-order chi connectivity index (χ0) is 30.9. The van der Waals surface area contributed by atoms with Gasteiger partial charge in [-0.15, -0.1) is 0 Å². The number of benzene rings is 3. The normalized spacial score (nSPS) is 25.8.